The smallest absolute Gasteiger partial charge is 0.137 e. The molecule has 0 aliphatic heterocycles. The Labute approximate surface area is 70.9 Å². The minimum atomic E-state index is 0.335. The molecule has 0 atom stereocenters. The summed E-state index contributed by atoms with van der Waals surface area (Å²) in [6.07, 6.45) is 7.50. The minimum absolute atomic E-state index is 0.335. The molecule has 0 saturated carbocycles. The second-order valence-electron chi connectivity index (χ2n) is 2.98. The van der Waals surface area contributed by atoms with Gasteiger partial charge in [-0.3, -0.25) is 4.79 Å². The highest BCUT2D eigenvalue weighted by atomic mass is 16.3. The van der Waals surface area contributed by atoms with E-state index in [-0.39, 0.29) is 0 Å². The molecule has 1 aliphatic carbocycles. The quantitative estimate of drug-likeness (QED) is 0.634. The van der Waals surface area contributed by atoms with Gasteiger partial charge in [-0.05, 0) is 18.1 Å². The van der Waals surface area contributed by atoms with Crippen LogP contribution in [0.2, 0.25) is 0 Å². The Morgan fingerprint density at radius 1 is 1.33 bits per heavy atom. The van der Waals surface area contributed by atoms with E-state index >= 15 is 0 Å². The lowest BCUT2D eigenvalue weighted by Gasteiger charge is -2.09. The van der Waals surface area contributed by atoms with Crippen molar-refractivity contribution in [2.24, 2.45) is 0 Å². The summed E-state index contributed by atoms with van der Waals surface area (Å²) in [6.45, 7) is 0. The molecule has 12 heavy (non-hydrogen) atoms. The molecule has 2 rings (SSSR count). The van der Waals surface area contributed by atoms with Crippen LogP contribution in [0.1, 0.15) is 24.8 Å². The van der Waals surface area contributed by atoms with Crippen molar-refractivity contribution in [3.8, 4) is 0 Å². The van der Waals surface area contributed by atoms with Crippen LogP contribution < -0.4 is 0 Å². The van der Waals surface area contributed by atoms with Gasteiger partial charge in [-0.2, -0.15) is 0 Å². The van der Waals surface area contributed by atoms with Gasteiger partial charge in [-0.25, -0.2) is 0 Å². The number of ketones is 1. The molecule has 0 N–H and O–H groups in total. The van der Waals surface area contributed by atoms with Gasteiger partial charge in [0, 0.05) is 18.4 Å². The van der Waals surface area contributed by atoms with Crippen molar-refractivity contribution in [2.45, 2.75) is 19.3 Å². The lowest BCUT2D eigenvalue weighted by Crippen LogP contribution is -2.02. The number of allylic oxidation sites excluding steroid dienone is 2. The molecule has 1 heterocycles. The number of Topliss-reactive ketones (excluding diaryl/α,β-unsaturated/α-hetero) is 1. The van der Waals surface area contributed by atoms with Crippen LogP contribution in [0.15, 0.2) is 29.1 Å². The lowest BCUT2D eigenvalue weighted by atomic mass is 9.95. The first-order chi connectivity index (χ1) is 5.86. The molecule has 2 nitrogen and oxygen atoms in total. The molecule has 0 saturated heterocycles. The SMILES string of the molecule is O=C1CC=C(c2ccoc2)CC1. The van der Waals surface area contributed by atoms with Gasteiger partial charge in [0.05, 0.1) is 12.5 Å². The summed E-state index contributed by atoms with van der Waals surface area (Å²) in [6, 6.07) is 1.93. The zero-order valence-electron chi connectivity index (χ0n) is 6.75. The van der Waals surface area contributed by atoms with Crippen molar-refractivity contribution in [1.29, 1.82) is 0 Å². The van der Waals surface area contributed by atoms with E-state index < -0.39 is 0 Å². The zero-order valence-corrected chi connectivity index (χ0v) is 6.75. The largest absolute Gasteiger partial charge is 0.472 e. The normalized spacial score (nSPS) is 17.7. The van der Waals surface area contributed by atoms with E-state index in [0.717, 1.165) is 12.0 Å². The minimum Gasteiger partial charge on any atom is -0.472 e. The van der Waals surface area contributed by atoms with E-state index in [9.17, 15) is 4.79 Å². The summed E-state index contributed by atoms with van der Waals surface area (Å²) >= 11 is 0. The van der Waals surface area contributed by atoms with Crippen LogP contribution in [0.3, 0.4) is 0 Å². The summed E-state index contributed by atoms with van der Waals surface area (Å²) < 4.78 is 4.97. The molecule has 1 aliphatic rings. The third-order valence-corrected chi connectivity index (χ3v) is 2.14. The third-order valence-electron chi connectivity index (χ3n) is 2.14. The molecular formula is C10H10O2. The van der Waals surface area contributed by atoms with Crippen LogP contribution in [0, 0.1) is 0 Å². The Bertz CT molecular complexity index is 307. The van der Waals surface area contributed by atoms with Crippen molar-refractivity contribution in [3.05, 3.63) is 30.2 Å². The van der Waals surface area contributed by atoms with E-state index in [1.165, 1.54) is 5.57 Å². The fourth-order valence-electron chi connectivity index (χ4n) is 1.42. The van der Waals surface area contributed by atoms with E-state index in [4.69, 9.17) is 4.42 Å². The molecule has 1 aromatic heterocycles. The molecular weight excluding hydrogens is 152 g/mol. The van der Waals surface area contributed by atoms with Crippen LogP contribution in [0.5, 0.6) is 0 Å². The van der Waals surface area contributed by atoms with E-state index in [1.807, 2.05) is 12.1 Å². The number of furan rings is 1. The molecule has 0 amide bonds. The second-order valence-corrected chi connectivity index (χ2v) is 2.98. The topological polar surface area (TPSA) is 30.2 Å². The molecule has 0 spiro atoms. The third kappa shape index (κ3) is 1.33. The van der Waals surface area contributed by atoms with E-state index in [1.54, 1.807) is 12.5 Å². The molecule has 0 radical (unpaired) electrons. The summed E-state index contributed by atoms with van der Waals surface area (Å²) in [4.78, 5) is 10.9. The van der Waals surface area contributed by atoms with Gasteiger partial charge in [0.2, 0.25) is 0 Å². The molecule has 62 valence electrons. The molecule has 0 unspecified atom stereocenters. The first-order valence-electron chi connectivity index (χ1n) is 4.09. The second kappa shape index (κ2) is 2.97. The summed E-state index contributed by atoms with van der Waals surface area (Å²) in [5, 5.41) is 0. The molecule has 1 aromatic rings. The van der Waals surface area contributed by atoms with Crippen LogP contribution in [0.4, 0.5) is 0 Å². The summed E-state index contributed by atoms with van der Waals surface area (Å²) in [5.41, 5.74) is 2.35. The molecule has 0 fully saturated rings. The maximum Gasteiger partial charge on any atom is 0.137 e. The Hall–Kier alpha value is -1.31. The highest BCUT2D eigenvalue weighted by Crippen LogP contribution is 2.24. The van der Waals surface area contributed by atoms with Gasteiger partial charge < -0.3 is 4.42 Å². The first kappa shape index (κ1) is 7.35. The fourth-order valence-corrected chi connectivity index (χ4v) is 1.42. The van der Waals surface area contributed by atoms with Crippen LogP contribution in [-0.4, -0.2) is 5.78 Å². The Kier molecular flexibility index (Phi) is 1.82. The molecule has 2 heteroatoms. The highest BCUT2D eigenvalue weighted by Gasteiger charge is 2.11. The van der Waals surface area contributed by atoms with Gasteiger partial charge in [-0.1, -0.05) is 6.08 Å². The van der Waals surface area contributed by atoms with Gasteiger partial charge >= 0.3 is 0 Å². The Morgan fingerprint density at radius 2 is 2.25 bits per heavy atom. The van der Waals surface area contributed by atoms with Crippen molar-refractivity contribution in [1.82, 2.24) is 0 Å². The standard InChI is InChI=1S/C10H10O2/c11-10-3-1-8(2-4-10)9-5-6-12-7-9/h1,5-7H,2-4H2. The van der Waals surface area contributed by atoms with Crippen molar-refractivity contribution < 1.29 is 9.21 Å². The zero-order chi connectivity index (χ0) is 8.39. The number of carbonyl (C=O) groups is 1. The van der Waals surface area contributed by atoms with Gasteiger partial charge in [0.1, 0.15) is 5.78 Å². The van der Waals surface area contributed by atoms with E-state index in [0.29, 0.717) is 18.6 Å². The predicted molar refractivity (Wildman–Crippen MR) is 45.5 cm³/mol. The van der Waals surface area contributed by atoms with Crippen molar-refractivity contribution in [3.63, 3.8) is 0 Å². The summed E-state index contributed by atoms with van der Waals surface area (Å²) in [7, 11) is 0. The van der Waals surface area contributed by atoms with Crippen LogP contribution in [0.25, 0.3) is 5.57 Å². The Balaban J connectivity index is 2.21. The number of carbonyl (C=O) groups excluding carboxylic acids is 1. The maximum atomic E-state index is 10.9. The maximum absolute atomic E-state index is 10.9. The number of hydrogen-bond acceptors (Lipinski definition) is 2. The van der Waals surface area contributed by atoms with Gasteiger partial charge in [0.15, 0.2) is 0 Å². The fraction of sp³-hybridized carbons (Fsp3) is 0.300. The first-order valence-corrected chi connectivity index (χ1v) is 4.09. The lowest BCUT2D eigenvalue weighted by molar-refractivity contribution is -0.118. The highest BCUT2D eigenvalue weighted by molar-refractivity contribution is 5.86. The molecule has 0 aromatic carbocycles. The number of rotatable bonds is 1. The molecule has 0 bridgehead atoms. The van der Waals surface area contributed by atoms with Crippen LogP contribution >= 0.6 is 0 Å². The van der Waals surface area contributed by atoms with E-state index in [2.05, 4.69) is 0 Å². The van der Waals surface area contributed by atoms with Gasteiger partial charge in [0.25, 0.3) is 0 Å². The van der Waals surface area contributed by atoms with Crippen molar-refractivity contribution >= 4 is 11.4 Å². The van der Waals surface area contributed by atoms with Crippen LogP contribution in [-0.2, 0) is 4.79 Å². The monoisotopic (exact) mass is 162 g/mol. The summed E-state index contributed by atoms with van der Waals surface area (Å²) in [5.74, 6) is 0.335. The average Bonchev–Trinajstić information content (AvgIpc) is 2.58. The predicted octanol–water partition coefficient (Wildman–Crippen LogP) is 2.42. The Morgan fingerprint density at radius 3 is 2.83 bits per heavy atom. The number of hydrogen-bond donors (Lipinski definition) is 0. The average molecular weight is 162 g/mol. The van der Waals surface area contributed by atoms with Gasteiger partial charge in [-0.15, -0.1) is 0 Å². The van der Waals surface area contributed by atoms with Crippen molar-refractivity contribution in [2.75, 3.05) is 0 Å².